The molecule has 1 aliphatic rings. The number of rotatable bonds is 4. The molecule has 1 aromatic rings. The summed E-state index contributed by atoms with van der Waals surface area (Å²) in [6.07, 6.45) is 5.27. The van der Waals surface area contributed by atoms with E-state index < -0.39 is 34.2 Å². The van der Waals surface area contributed by atoms with E-state index in [9.17, 15) is 28.5 Å². The van der Waals surface area contributed by atoms with Gasteiger partial charge in [0.05, 0.1) is 30.4 Å². The molecule has 0 atom stereocenters. The molecule has 0 N–H and O–H groups in total. The molecule has 0 aliphatic carbocycles. The SMILES string of the molecule is COC(=O)C1=C(C(=O)OC)N(c2cc(F)c([N+](=O)[O-])c(F)c2)C=CC=C1. The van der Waals surface area contributed by atoms with Crippen LogP contribution in [-0.2, 0) is 19.1 Å². The van der Waals surface area contributed by atoms with Gasteiger partial charge in [-0.15, -0.1) is 0 Å². The number of allylic oxidation sites excluding steroid dienone is 2. The van der Waals surface area contributed by atoms with Crippen molar-refractivity contribution in [3.05, 3.63) is 69.6 Å². The summed E-state index contributed by atoms with van der Waals surface area (Å²) in [7, 11) is 2.14. The minimum absolute atomic E-state index is 0.233. The Hall–Kier alpha value is -3.56. The van der Waals surface area contributed by atoms with Crippen molar-refractivity contribution in [3.63, 3.8) is 0 Å². The van der Waals surface area contributed by atoms with Gasteiger partial charge in [0.2, 0.25) is 11.6 Å². The van der Waals surface area contributed by atoms with Gasteiger partial charge in [0.25, 0.3) is 0 Å². The van der Waals surface area contributed by atoms with E-state index in [2.05, 4.69) is 9.47 Å². The Labute approximate surface area is 145 Å². The third-order valence-electron chi connectivity index (χ3n) is 3.35. The zero-order valence-corrected chi connectivity index (χ0v) is 13.6. The summed E-state index contributed by atoms with van der Waals surface area (Å²) >= 11 is 0. The summed E-state index contributed by atoms with van der Waals surface area (Å²) < 4.78 is 37.2. The first-order chi connectivity index (χ1) is 12.3. The molecule has 0 unspecified atom stereocenters. The maximum absolute atomic E-state index is 14.0. The molecule has 26 heavy (non-hydrogen) atoms. The second-order valence-electron chi connectivity index (χ2n) is 4.83. The maximum Gasteiger partial charge on any atom is 0.355 e. The maximum atomic E-state index is 14.0. The average Bonchev–Trinajstić information content (AvgIpc) is 2.82. The predicted molar refractivity (Wildman–Crippen MR) is 84.8 cm³/mol. The lowest BCUT2D eigenvalue weighted by molar-refractivity contribution is -0.390. The van der Waals surface area contributed by atoms with Crippen molar-refractivity contribution in [2.75, 3.05) is 19.1 Å². The van der Waals surface area contributed by atoms with E-state index in [0.29, 0.717) is 12.1 Å². The number of benzene rings is 1. The number of hydrogen-bond acceptors (Lipinski definition) is 7. The van der Waals surface area contributed by atoms with E-state index in [1.54, 1.807) is 0 Å². The molecule has 1 aliphatic heterocycles. The highest BCUT2D eigenvalue weighted by molar-refractivity contribution is 6.05. The van der Waals surface area contributed by atoms with E-state index in [-0.39, 0.29) is 17.0 Å². The highest BCUT2D eigenvalue weighted by Gasteiger charge is 2.30. The van der Waals surface area contributed by atoms with Crippen LogP contribution >= 0.6 is 0 Å². The average molecular weight is 366 g/mol. The van der Waals surface area contributed by atoms with Crippen molar-refractivity contribution in [2.24, 2.45) is 0 Å². The van der Waals surface area contributed by atoms with Crippen LogP contribution in [-0.4, -0.2) is 31.1 Å². The van der Waals surface area contributed by atoms with Crippen molar-refractivity contribution in [1.82, 2.24) is 0 Å². The van der Waals surface area contributed by atoms with Gasteiger partial charge in [-0.2, -0.15) is 8.78 Å². The minimum atomic E-state index is -1.44. The van der Waals surface area contributed by atoms with Crippen LogP contribution in [0.5, 0.6) is 0 Å². The highest BCUT2D eigenvalue weighted by Crippen LogP contribution is 2.31. The zero-order chi connectivity index (χ0) is 19.4. The summed E-state index contributed by atoms with van der Waals surface area (Å²) in [6.45, 7) is 0. The standard InChI is InChI=1S/C16H12F2N2O6/c1-25-15(21)10-5-3-4-6-19(13(10)16(22)26-2)9-7-11(17)14(20(23)24)12(18)8-9/h3-8H,1-2H3. The largest absolute Gasteiger partial charge is 0.465 e. The van der Waals surface area contributed by atoms with Gasteiger partial charge in [-0.3, -0.25) is 10.1 Å². The van der Waals surface area contributed by atoms with Crippen LogP contribution in [0.3, 0.4) is 0 Å². The number of halogens is 2. The molecule has 0 amide bonds. The molecule has 1 heterocycles. The number of nitro benzene ring substituents is 1. The molecule has 0 aromatic heterocycles. The van der Waals surface area contributed by atoms with Gasteiger partial charge in [-0.1, -0.05) is 6.08 Å². The van der Waals surface area contributed by atoms with Crippen LogP contribution in [0.1, 0.15) is 0 Å². The lowest BCUT2D eigenvalue weighted by Gasteiger charge is -2.23. The summed E-state index contributed by atoms with van der Waals surface area (Å²) in [4.78, 5) is 34.7. The quantitative estimate of drug-likeness (QED) is 0.458. The molecule has 0 bridgehead atoms. The molecule has 2 rings (SSSR count). The van der Waals surface area contributed by atoms with Crippen LogP contribution in [0, 0.1) is 21.7 Å². The van der Waals surface area contributed by atoms with Crippen molar-refractivity contribution >= 4 is 23.3 Å². The Kier molecular flexibility index (Phi) is 5.45. The fourth-order valence-electron chi connectivity index (χ4n) is 2.23. The molecule has 1 aromatic carbocycles. The van der Waals surface area contributed by atoms with Gasteiger partial charge in [-0.25, -0.2) is 9.59 Å². The van der Waals surface area contributed by atoms with E-state index in [4.69, 9.17) is 0 Å². The Morgan fingerprint density at radius 2 is 1.65 bits per heavy atom. The Balaban J connectivity index is 2.71. The van der Waals surface area contributed by atoms with Crippen molar-refractivity contribution in [2.45, 2.75) is 0 Å². The van der Waals surface area contributed by atoms with Gasteiger partial charge >= 0.3 is 17.6 Å². The van der Waals surface area contributed by atoms with Crippen molar-refractivity contribution in [3.8, 4) is 0 Å². The van der Waals surface area contributed by atoms with Gasteiger partial charge in [0.1, 0.15) is 5.70 Å². The fraction of sp³-hybridized carbons (Fsp3) is 0.125. The number of ether oxygens (including phenoxy) is 2. The number of nitrogens with zero attached hydrogens (tertiary/aromatic N) is 2. The van der Waals surface area contributed by atoms with Crippen LogP contribution in [0.15, 0.2) is 47.8 Å². The Bertz CT molecular complexity index is 852. The molecule has 0 saturated carbocycles. The fourth-order valence-corrected chi connectivity index (χ4v) is 2.23. The molecule has 0 saturated heterocycles. The number of nitro groups is 1. The van der Waals surface area contributed by atoms with E-state index in [1.165, 1.54) is 24.4 Å². The van der Waals surface area contributed by atoms with Crippen LogP contribution < -0.4 is 4.90 Å². The van der Waals surface area contributed by atoms with Gasteiger partial charge < -0.3 is 14.4 Å². The smallest absolute Gasteiger partial charge is 0.355 e. The third-order valence-corrected chi connectivity index (χ3v) is 3.35. The molecular weight excluding hydrogens is 354 g/mol. The van der Waals surface area contributed by atoms with Crippen LogP contribution in [0.4, 0.5) is 20.2 Å². The third kappa shape index (κ3) is 3.43. The second kappa shape index (κ2) is 7.55. The number of esters is 2. The number of anilines is 1. The topological polar surface area (TPSA) is 99.0 Å². The summed E-state index contributed by atoms with van der Waals surface area (Å²) in [6, 6.07) is 1.32. The molecule has 10 heteroatoms. The number of carbonyl (C=O) groups excluding carboxylic acids is 2. The van der Waals surface area contributed by atoms with Crippen molar-refractivity contribution < 1.29 is 32.8 Å². The zero-order valence-electron chi connectivity index (χ0n) is 13.6. The number of methoxy groups -OCH3 is 2. The molecular formula is C16H12F2N2O6. The molecule has 136 valence electrons. The second-order valence-corrected chi connectivity index (χ2v) is 4.83. The van der Waals surface area contributed by atoms with E-state index in [0.717, 1.165) is 19.1 Å². The lowest BCUT2D eigenvalue weighted by Crippen LogP contribution is -2.27. The molecule has 0 fully saturated rings. The summed E-state index contributed by atoms with van der Waals surface area (Å²) in [5, 5.41) is 10.7. The summed E-state index contributed by atoms with van der Waals surface area (Å²) in [5.74, 6) is -4.77. The van der Waals surface area contributed by atoms with E-state index in [1.807, 2.05) is 0 Å². The Morgan fingerprint density at radius 3 is 2.15 bits per heavy atom. The Morgan fingerprint density at radius 1 is 1.08 bits per heavy atom. The molecule has 0 spiro atoms. The van der Waals surface area contributed by atoms with Crippen LogP contribution in [0.25, 0.3) is 0 Å². The number of carbonyl (C=O) groups is 2. The van der Waals surface area contributed by atoms with Crippen LogP contribution in [0.2, 0.25) is 0 Å². The first kappa shape index (κ1) is 18.8. The number of hydrogen-bond donors (Lipinski definition) is 0. The van der Waals surface area contributed by atoms with E-state index >= 15 is 0 Å². The first-order valence-corrected chi connectivity index (χ1v) is 7.00. The van der Waals surface area contributed by atoms with Crippen molar-refractivity contribution in [1.29, 1.82) is 0 Å². The normalized spacial score (nSPS) is 13.5. The van der Waals surface area contributed by atoms with Gasteiger partial charge in [0.15, 0.2) is 0 Å². The lowest BCUT2D eigenvalue weighted by atomic mass is 10.1. The monoisotopic (exact) mass is 366 g/mol. The molecule has 8 nitrogen and oxygen atoms in total. The van der Waals surface area contributed by atoms with Gasteiger partial charge in [0, 0.05) is 18.3 Å². The van der Waals surface area contributed by atoms with Gasteiger partial charge in [-0.05, 0) is 12.2 Å². The minimum Gasteiger partial charge on any atom is -0.465 e. The molecule has 0 radical (unpaired) electrons. The first-order valence-electron chi connectivity index (χ1n) is 7.00. The highest BCUT2D eigenvalue weighted by atomic mass is 19.1. The summed E-state index contributed by atoms with van der Waals surface area (Å²) in [5.41, 5.74) is -2.21. The predicted octanol–water partition coefficient (Wildman–Crippen LogP) is 2.36.